The lowest BCUT2D eigenvalue weighted by molar-refractivity contribution is -0.112. The van der Waals surface area contributed by atoms with Gasteiger partial charge < -0.3 is 10.5 Å². The van der Waals surface area contributed by atoms with Crippen LogP contribution < -0.4 is 10.5 Å². The Bertz CT molecular complexity index is 679. The molecule has 3 heteroatoms. The van der Waals surface area contributed by atoms with E-state index in [0.717, 1.165) is 11.1 Å². The van der Waals surface area contributed by atoms with Crippen molar-refractivity contribution < 1.29 is 9.53 Å². The van der Waals surface area contributed by atoms with Crippen LogP contribution in [0.2, 0.25) is 0 Å². The van der Waals surface area contributed by atoms with Crippen molar-refractivity contribution >= 4 is 17.6 Å². The fraction of sp³-hybridized carbons (Fsp3) is 0.0556. The summed E-state index contributed by atoms with van der Waals surface area (Å²) in [5.41, 5.74) is 7.58. The number of carbonyl (C=O) groups is 1. The van der Waals surface area contributed by atoms with Crippen LogP contribution >= 0.6 is 0 Å². The first-order valence-electron chi connectivity index (χ1n) is 6.44. The maximum atomic E-state index is 11.6. The third kappa shape index (κ3) is 3.99. The lowest BCUT2D eigenvalue weighted by Crippen LogP contribution is -2.12. The summed E-state index contributed by atoms with van der Waals surface area (Å²) in [6.45, 7) is 0.228. The molecule has 2 aromatic carbocycles. The Hall–Kier alpha value is -2.99. The molecule has 0 bridgehead atoms. The van der Waals surface area contributed by atoms with Crippen LogP contribution in [0.5, 0.6) is 5.75 Å². The number of benzene rings is 2. The molecule has 0 spiro atoms. The molecule has 0 aliphatic heterocycles. The summed E-state index contributed by atoms with van der Waals surface area (Å²) in [6, 6.07) is 16.6. The molecule has 0 aliphatic rings. The van der Waals surface area contributed by atoms with Crippen LogP contribution in [-0.2, 0) is 4.79 Å². The first kappa shape index (κ1) is 14.4. The van der Waals surface area contributed by atoms with Gasteiger partial charge in [0.2, 0.25) is 5.91 Å². The fourth-order valence-corrected chi connectivity index (χ4v) is 1.87. The Labute approximate surface area is 124 Å². The zero-order valence-corrected chi connectivity index (χ0v) is 11.5. The molecule has 0 atom stereocenters. The molecule has 104 valence electrons. The normalized spacial score (nSPS) is 10.7. The van der Waals surface area contributed by atoms with Crippen LogP contribution in [0.4, 0.5) is 0 Å². The molecule has 2 rings (SSSR count). The van der Waals surface area contributed by atoms with Gasteiger partial charge in [0.25, 0.3) is 0 Å². The lowest BCUT2D eigenvalue weighted by Gasteiger charge is -2.05. The molecular formula is C18H15NO2. The van der Waals surface area contributed by atoms with Gasteiger partial charge >= 0.3 is 0 Å². The van der Waals surface area contributed by atoms with Crippen molar-refractivity contribution in [2.75, 3.05) is 6.61 Å². The molecule has 2 aromatic rings. The van der Waals surface area contributed by atoms with Gasteiger partial charge in [-0.3, -0.25) is 4.79 Å². The van der Waals surface area contributed by atoms with Gasteiger partial charge in [-0.1, -0.05) is 48.4 Å². The Morgan fingerprint density at radius 1 is 1.14 bits per heavy atom. The molecule has 0 fully saturated rings. The van der Waals surface area contributed by atoms with Crippen LogP contribution in [0.3, 0.4) is 0 Å². The molecule has 0 saturated heterocycles. The second-order valence-electron chi connectivity index (χ2n) is 4.35. The zero-order valence-electron chi connectivity index (χ0n) is 11.5. The smallest absolute Gasteiger partial charge is 0.249 e. The van der Waals surface area contributed by atoms with E-state index >= 15 is 0 Å². The van der Waals surface area contributed by atoms with Gasteiger partial charge in [0.05, 0.1) is 0 Å². The van der Waals surface area contributed by atoms with E-state index in [0.29, 0.717) is 11.3 Å². The highest BCUT2D eigenvalue weighted by Crippen LogP contribution is 2.19. The third-order valence-electron chi connectivity index (χ3n) is 2.86. The monoisotopic (exact) mass is 277 g/mol. The Morgan fingerprint density at radius 3 is 2.38 bits per heavy atom. The predicted molar refractivity (Wildman–Crippen MR) is 84.3 cm³/mol. The van der Waals surface area contributed by atoms with Gasteiger partial charge in [0, 0.05) is 5.57 Å². The molecule has 0 saturated carbocycles. The molecule has 0 heterocycles. The zero-order chi connectivity index (χ0) is 15.1. The van der Waals surface area contributed by atoms with E-state index in [1.54, 1.807) is 18.2 Å². The number of hydrogen-bond acceptors (Lipinski definition) is 2. The molecule has 0 aromatic heterocycles. The van der Waals surface area contributed by atoms with Gasteiger partial charge in [-0.05, 0) is 29.3 Å². The summed E-state index contributed by atoms with van der Waals surface area (Å²) < 4.78 is 5.30. The van der Waals surface area contributed by atoms with Gasteiger partial charge in [0.1, 0.15) is 12.4 Å². The van der Waals surface area contributed by atoms with E-state index in [9.17, 15) is 4.79 Å². The van der Waals surface area contributed by atoms with Crippen molar-refractivity contribution in [1.82, 2.24) is 0 Å². The Kier molecular flexibility index (Phi) is 4.79. The molecule has 0 radical (unpaired) electrons. The molecule has 0 aliphatic carbocycles. The number of nitrogens with two attached hydrogens (primary N) is 1. The van der Waals surface area contributed by atoms with Crippen molar-refractivity contribution in [3.63, 3.8) is 0 Å². The predicted octanol–water partition coefficient (Wildman–Crippen LogP) is 2.72. The van der Waals surface area contributed by atoms with E-state index in [1.807, 2.05) is 42.5 Å². The van der Waals surface area contributed by atoms with E-state index < -0.39 is 5.91 Å². The van der Waals surface area contributed by atoms with Gasteiger partial charge in [0.15, 0.2) is 0 Å². The minimum Gasteiger partial charge on any atom is -0.481 e. The summed E-state index contributed by atoms with van der Waals surface area (Å²) in [7, 11) is 0. The minimum absolute atomic E-state index is 0.228. The number of ether oxygens (including phenoxy) is 1. The van der Waals surface area contributed by atoms with Crippen molar-refractivity contribution in [2.24, 2.45) is 5.73 Å². The summed E-state index contributed by atoms with van der Waals surface area (Å²) in [5.74, 6) is 2.63. The molecule has 21 heavy (non-hydrogen) atoms. The quantitative estimate of drug-likeness (QED) is 0.519. The van der Waals surface area contributed by atoms with Crippen molar-refractivity contribution in [2.45, 2.75) is 0 Å². The van der Waals surface area contributed by atoms with Crippen molar-refractivity contribution in [1.29, 1.82) is 0 Å². The first-order valence-corrected chi connectivity index (χ1v) is 6.44. The SMILES string of the molecule is C#CCOc1ccc(C=C(C(N)=O)c2ccccc2)cc1. The molecular weight excluding hydrogens is 262 g/mol. The standard InChI is InChI=1S/C18H15NO2/c1-2-12-21-16-10-8-14(9-11-16)13-17(18(19)20)15-6-4-3-5-7-15/h1,3-11,13H,12H2,(H2,19,20). The highest BCUT2D eigenvalue weighted by Gasteiger charge is 2.07. The van der Waals surface area contributed by atoms with Crippen molar-refractivity contribution in [3.05, 3.63) is 65.7 Å². The second kappa shape index (κ2) is 6.97. The molecule has 1 amide bonds. The third-order valence-corrected chi connectivity index (χ3v) is 2.86. The molecule has 3 nitrogen and oxygen atoms in total. The van der Waals surface area contributed by atoms with E-state index in [4.69, 9.17) is 16.9 Å². The number of terminal acetylenes is 1. The number of primary amides is 1. The highest BCUT2D eigenvalue weighted by atomic mass is 16.5. The maximum absolute atomic E-state index is 11.6. The Morgan fingerprint density at radius 2 is 1.81 bits per heavy atom. The summed E-state index contributed by atoms with van der Waals surface area (Å²) in [4.78, 5) is 11.6. The molecule has 2 N–H and O–H groups in total. The maximum Gasteiger partial charge on any atom is 0.249 e. The summed E-state index contributed by atoms with van der Waals surface area (Å²) in [6.07, 6.45) is 6.89. The number of amides is 1. The molecule has 0 unspecified atom stereocenters. The van der Waals surface area contributed by atoms with Crippen LogP contribution in [-0.4, -0.2) is 12.5 Å². The summed E-state index contributed by atoms with van der Waals surface area (Å²) in [5, 5.41) is 0. The number of rotatable bonds is 5. The van der Waals surface area contributed by atoms with Gasteiger partial charge in [-0.2, -0.15) is 0 Å². The van der Waals surface area contributed by atoms with E-state index in [-0.39, 0.29) is 6.61 Å². The number of hydrogen-bond donors (Lipinski definition) is 1. The largest absolute Gasteiger partial charge is 0.481 e. The highest BCUT2D eigenvalue weighted by molar-refractivity contribution is 6.23. The topological polar surface area (TPSA) is 52.3 Å². The summed E-state index contributed by atoms with van der Waals surface area (Å²) >= 11 is 0. The lowest BCUT2D eigenvalue weighted by atomic mass is 10.0. The van der Waals surface area contributed by atoms with Crippen LogP contribution in [0.25, 0.3) is 11.6 Å². The Balaban J connectivity index is 2.27. The first-order chi connectivity index (χ1) is 10.2. The van der Waals surface area contributed by atoms with E-state index in [2.05, 4.69) is 5.92 Å². The van der Waals surface area contributed by atoms with Gasteiger partial charge in [-0.15, -0.1) is 6.42 Å². The van der Waals surface area contributed by atoms with Crippen molar-refractivity contribution in [3.8, 4) is 18.1 Å². The van der Waals surface area contributed by atoms with Gasteiger partial charge in [-0.25, -0.2) is 0 Å². The average Bonchev–Trinajstić information content (AvgIpc) is 2.52. The average molecular weight is 277 g/mol. The van der Waals surface area contributed by atoms with Crippen LogP contribution in [0.1, 0.15) is 11.1 Å². The van der Waals surface area contributed by atoms with Crippen LogP contribution in [0, 0.1) is 12.3 Å². The number of carbonyl (C=O) groups excluding carboxylic acids is 1. The fourth-order valence-electron chi connectivity index (χ4n) is 1.87. The van der Waals surface area contributed by atoms with Crippen LogP contribution in [0.15, 0.2) is 54.6 Å². The minimum atomic E-state index is -0.464. The van der Waals surface area contributed by atoms with E-state index in [1.165, 1.54) is 0 Å². The second-order valence-corrected chi connectivity index (χ2v) is 4.35.